The van der Waals surface area contributed by atoms with Crippen LogP contribution in [0.15, 0.2) is 41.5 Å². The first-order chi connectivity index (χ1) is 19.3. The first-order valence-corrected chi connectivity index (χ1v) is 14.5. The molecular formula is C30H36N4O5S. The molecule has 4 rings (SSSR count). The molecule has 2 N–H and O–H groups in total. The van der Waals surface area contributed by atoms with E-state index in [0.29, 0.717) is 12.2 Å². The predicted octanol–water partition coefficient (Wildman–Crippen LogP) is 5.54. The van der Waals surface area contributed by atoms with Gasteiger partial charge in [-0.1, -0.05) is 30.3 Å². The molecule has 3 aromatic rings. The number of nitrogens with zero attached hydrogens (tertiary/aromatic N) is 2. The largest absolute Gasteiger partial charge is 0.462 e. The molecule has 9 nitrogen and oxygen atoms in total. The lowest BCUT2D eigenvalue weighted by molar-refractivity contribution is -0.121. The van der Waals surface area contributed by atoms with Gasteiger partial charge in [-0.2, -0.15) is 5.10 Å². The summed E-state index contributed by atoms with van der Waals surface area (Å²) in [4.78, 5) is 39.1. The Morgan fingerprint density at radius 2 is 1.80 bits per heavy atom. The third-order valence-electron chi connectivity index (χ3n) is 6.86. The van der Waals surface area contributed by atoms with E-state index < -0.39 is 12.1 Å². The Bertz CT molecular complexity index is 1390. The minimum atomic E-state index is -0.586. The maximum Gasteiger partial charge on any atom is 0.407 e. The van der Waals surface area contributed by atoms with Gasteiger partial charge in [0.2, 0.25) is 5.91 Å². The summed E-state index contributed by atoms with van der Waals surface area (Å²) in [5, 5.41) is 7.81. The van der Waals surface area contributed by atoms with Gasteiger partial charge in [-0.15, -0.1) is 11.3 Å². The molecule has 0 unspecified atom stereocenters. The molecule has 0 saturated heterocycles. The zero-order valence-electron chi connectivity index (χ0n) is 23.4. The molecule has 1 atom stereocenters. The quantitative estimate of drug-likeness (QED) is 0.191. The van der Waals surface area contributed by atoms with Crippen molar-refractivity contribution >= 4 is 35.5 Å². The summed E-state index contributed by atoms with van der Waals surface area (Å²) < 4.78 is 12.5. The molecule has 0 spiro atoms. The van der Waals surface area contributed by atoms with E-state index in [4.69, 9.17) is 9.47 Å². The molecule has 1 aliphatic carbocycles. The topological polar surface area (TPSA) is 111 Å². The maximum atomic E-state index is 13.0. The summed E-state index contributed by atoms with van der Waals surface area (Å²) in [6.45, 7) is 8.06. The van der Waals surface area contributed by atoms with Crippen molar-refractivity contribution in [2.45, 2.75) is 65.8 Å². The van der Waals surface area contributed by atoms with Gasteiger partial charge in [-0.05, 0) is 70.6 Å². The monoisotopic (exact) mass is 564 g/mol. The van der Waals surface area contributed by atoms with E-state index in [1.54, 1.807) is 24.5 Å². The van der Waals surface area contributed by atoms with Crippen molar-refractivity contribution in [3.8, 4) is 5.00 Å². The third kappa shape index (κ3) is 6.62. The van der Waals surface area contributed by atoms with Crippen LogP contribution < -0.4 is 10.7 Å². The van der Waals surface area contributed by atoms with Crippen molar-refractivity contribution in [3.05, 3.63) is 74.9 Å². The Labute approximate surface area is 238 Å². The summed E-state index contributed by atoms with van der Waals surface area (Å²) in [5.41, 5.74) is 7.83. The molecule has 0 bridgehead atoms. The van der Waals surface area contributed by atoms with Crippen molar-refractivity contribution in [2.24, 2.45) is 5.10 Å². The smallest absolute Gasteiger partial charge is 0.407 e. The van der Waals surface area contributed by atoms with Crippen LogP contribution in [0.1, 0.15) is 82.5 Å². The van der Waals surface area contributed by atoms with E-state index in [1.807, 2.05) is 57.2 Å². The lowest BCUT2D eigenvalue weighted by Gasteiger charge is -2.18. The number of rotatable bonds is 10. The van der Waals surface area contributed by atoms with Crippen LogP contribution in [0.5, 0.6) is 0 Å². The molecule has 0 fully saturated rings. The fraction of sp³-hybridized carbons (Fsp3) is 0.400. The van der Waals surface area contributed by atoms with Crippen molar-refractivity contribution < 1.29 is 23.9 Å². The minimum absolute atomic E-state index is 0.0111. The molecule has 0 radical (unpaired) electrons. The highest BCUT2D eigenvalue weighted by atomic mass is 32.1. The van der Waals surface area contributed by atoms with E-state index in [0.717, 1.165) is 58.8 Å². The van der Waals surface area contributed by atoms with Crippen LogP contribution in [0.4, 0.5) is 4.79 Å². The number of carbonyl (C=O) groups is 3. The summed E-state index contributed by atoms with van der Waals surface area (Å²) >= 11 is 1.66. The number of aromatic nitrogens is 1. The minimum Gasteiger partial charge on any atom is -0.462 e. The zero-order chi connectivity index (χ0) is 28.6. The molecule has 2 amide bonds. The lowest BCUT2D eigenvalue weighted by Crippen LogP contribution is -2.33. The molecule has 0 aliphatic heterocycles. The number of hydrazone groups is 1. The van der Waals surface area contributed by atoms with Crippen LogP contribution in [0.25, 0.3) is 5.00 Å². The Kier molecular flexibility index (Phi) is 9.76. The molecule has 0 saturated carbocycles. The van der Waals surface area contributed by atoms with Gasteiger partial charge in [0.05, 0.1) is 37.5 Å². The van der Waals surface area contributed by atoms with E-state index in [9.17, 15) is 14.4 Å². The van der Waals surface area contributed by atoms with Crippen LogP contribution in [-0.4, -0.2) is 42.0 Å². The second-order valence-corrected chi connectivity index (χ2v) is 10.7. The Morgan fingerprint density at radius 1 is 1.07 bits per heavy atom. The SMILES string of the molecule is CCOC(=O)N[C@H](CC(=O)N/N=C\c1cc(C)n(-c2sc3c(c2C(=O)OCC)CCCC3)c1C)c1ccccc1. The van der Waals surface area contributed by atoms with Crippen molar-refractivity contribution in [3.63, 3.8) is 0 Å². The second kappa shape index (κ2) is 13.4. The third-order valence-corrected chi connectivity index (χ3v) is 8.13. The van der Waals surface area contributed by atoms with Crippen LogP contribution in [0.3, 0.4) is 0 Å². The number of hydrogen-bond donors (Lipinski definition) is 2. The molecular weight excluding hydrogens is 528 g/mol. The fourth-order valence-electron chi connectivity index (χ4n) is 5.01. The van der Waals surface area contributed by atoms with Crippen LogP contribution in [-0.2, 0) is 27.1 Å². The number of aryl methyl sites for hydroxylation is 2. The van der Waals surface area contributed by atoms with Crippen molar-refractivity contribution in [1.29, 1.82) is 0 Å². The highest BCUT2D eigenvalue weighted by Gasteiger charge is 2.28. The normalized spacial score (nSPS) is 13.5. The van der Waals surface area contributed by atoms with E-state index in [-0.39, 0.29) is 24.9 Å². The van der Waals surface area contributed by atoms with Gasteiger partial charge in [0.15, 0.2) is 0 Å². The average Bonchev–Trinajstić information content (AvgIpc) is 3.45. The van der Waals surface area contributed by atoms with Gasteiger partial charge in [-0.3, -0.25) is 4.79 Å². The number of ether oxygens (including phenoxy) is 2. The van der Waals surface area contributed by atoms with Gasteiger partial charge in [0.25, 0.3) is 0 Å². The average molecular weight is 565 g/mol. The zero-order valence-corrected chi connectivity index (χ0v) is 24.2. The van der Waals surface area contributed by atoms with E-state index in [2.05, 4.69) is 20.4 Å². The van der Waals surface area contributed by atoms with Gasteiger partial charge in [0.1, 0.15) is 5.00 Å². The van der Waals surface area contributed by atoms with Crippen LogP contribution in [0, 0.1) is 13.8 Å². The van der Waals surface area contributed by atoms with Gasteiger partial charge < -0.3 is 19.4 Å². The van der Waals surface area contributed by atoms with E-state index >= 15 is 0 Å². The lowest BCUT2D eigenvalue weighted by atomic mass is 9.95. The summed E-state index contributed by atoms with van der Waals surface area (Å²) in [7, 11) is 0. The molecule has 1 aromatic carbocycles. The van der Waals surface area contributed by atoms with Crippen LogP contribution in [0.2, 0.25) is 0 Å². The van der Waals surface area contributed by atoms with Gasteiger partial charge >= 0.3 is 12.1 Å². The summed E-state index contributed by atoms with van der Waals surface area (Å²) in [6, 6.07) is 10.7. The standard InChI is InChI=1S/C30H36N4O5S/c1-5-38-29(36)27-23-14-10-11-15-25(23)40-28(27)34-19(3)16-22(20(34)4)18-31-33-26(35)17-24(32-30(37)39-6-2)21-12-8-7-9-13-21/h7-9,12-13,16,18,24H,5-6,10-11,14-15,17H2,1-4H3,(H,32,37)(H,33,35)/b31-18-/t24-/m1/s1. The first-order valence-electron chi connectivity index (χ1n) is 13.6. The number of thiophene rings is 1. The number of fused-ring (bicyclic) bond motifs is 1. The molecule has 2 aromatic heterocycles. The number of benzene rings is 1. The van der Waals surface area contributed by atoms with Gasteiger partial charge in [0, 0.05) is 21.8 Å². The van der Waals surface area contributed by atoms with Crippen molar-refractivity contribution in [2.75, 3.05) is 13.2 Å². The van der Waals surface area contributed by atoms with Crippen LogP contribution >= 0.6 is 11.3 Å². The highest BCUT2D eigenvalue weighted by molar-refractivity contribution is 7.15. The number of amides is 2. The second-order valence-electron chi connectivity index (χ2n) is 9.60. The highest BCUT2D eigenvalue weighted by Crippen LogP contribution is 2.39. The molecule has 2 heterocycles. The number of carbonyl (C=O) groups excluding carboxylic acids is 3. The van der Waals surface area contributed by atoms with Crippen molar-refractivity contribution in [1.82, 2.24) is 15.3 Å². The summed E-state index contributed by atoms with van der Waals surface area (Å²) in [6.07, 6.45) is 5.05. The Morgan fingerprint density at radius 3 is 2.52 bits per heavy atom. The maximum absolute atomic E-state index is 13.0. The molecule has 10 heteroatoms. The molecule has 40 heavy (non-hydrogen) atoms. The number of hydrogen-bond acceptors (Lipinski definition) is 7. The molecule has 1 aliphatic rings. The fourth-order valence-corrected chi connectivity index (χ4v) is 6.50. The van der Waals surface area contributed by atoms with Gasteiger partial charge in [-0.25, -0.2) is 15.0 Å². The van der Waals surface area contributed by atoms with E-state index in [1.165, 1.54) is 4.88 Å². The number of nitrogens with one attached hydrogen (secondary N) is 2. The molecule has 212 valence electrons. The first kappa shape index (κ1) is 29.1. The summed E-state index contributed by atoms with van der Waals surface area (Å²) in [5.74, 6) is -0.637. The number of alkyl carbamates (subject to hydrolysis) is 1. The number of esters is 1. The Hall–Kier alpha value is -3.92. The Balaban J connectivity index is 1.52. The predicted molar refractivity (Wildman–Crippen MR) is 155 cm³/mol.